The van der Waals surface area contributed by atoms with Crippen molar-refractivity contribution in [3.05, 3.63) is 120 Å². The van der Waals surface area contributed by atoms with Gasteiger partial charge in [-0.1, -0.05) is 31.4 Å². The molecule has 0 radical (unpaired) electrons. The maximum atomic E-state index is 13.9. The molecule has 0 spiro atoms. The Morgan fingerprint density at radius 1 is 1.18 bits per heavy atom. The van der Waals surface area contributed by atoms with Crippen LogP contribution in [0.2, 0.25) is 0 Å². The molecule has 192 valence electrons. The number of rotatable bonds is 10. The Labute approximate surface area is 222 Å². The highest BCUT2D eigenvalue weighted by atomic mass is 19.1. The number of nitrogens with one attached hydrogen (secondary N) is 3. The molecule has 1 aliphatic rings. The van der Waals surface area contributed by atoms with E-state index in [0.29, 0.717) is 12.3 Å². The maximum Gasteiger partial charge on any atom is 0.123 e. The van der Waals surface area contributed by atoms with Crippen LogP contribution >= 0.6 is 0 Å². The molecule has 1 fully saturated rings. The average Bonchev–Trinajstić information content (AvgIpc) is 3.70. The van der Waals surface area contributed by atoms with Gasteiger partial charge in [0.1, 0.15) is 5.82 Å². The minimum Gasteiger partial charge on any atom is -0.387 e. The number of hydrogen-bond donors (Lipinski definition) is 3. The fraction of sp³-hybridized carbons (Fsp3) is 0.188. The fourth-order valence-electron chi connectivity index (χ4n) is 4.62. The van der Waals surface area contributed by atoms with Gasteiger partial charge in [0.2, 0.25) is 0 Å². The lowest BCUT2D eigenvalue weighted by atomic mass is 10.1. The summed E-state index contributed by atoms with van der Waals surface area (Å²) >= 11 is 0. The van der Waals surface area contributed by atoms with Crippen LogP contribution in [0.5, 0.6) is 0 Å². The van der Waals surface area contributed by atoms with E-state index in [0.717, 1.165) is 61.9 Å². The molecule has 5 rings (SSSR count). The number of halogens is 1. The van der Waals surface area contributed by atoms with E-state index in [9.17, 15) is 4.39 Å². The second-order valence-electron chi connectivity index (χ2n) is 9.52. The molecule has 0 atom stereocenters. The topological polar surface area (TPSA) is 65.6 Å². The first-order chi connectivity index (χ1) is 18.5. The van der Waals surface area contributed by atoms with Crippen LogP contribution in [-0.2, 0) is 6.42 Å². The zero-order valence-electron chi connectivity index (χ0n) is 21.8. The number of H-pyrrole nitrogens is 1. The number of allylic oxidation sites excluding steroid dienone is 5. The van der Waals surface area contributed by atoms with E-state index in [-0.39, 0.29) is 5.82 Å². The Hall–Kier alpha value is -4.45. The number of benzene rings is 1. The Balaban J connectivity index is 1.46. The van der Waals surface area contributed by atoms with Crippen molar-refractivity contribution in [1.82, 2.24) is 20.3 Å². The third-order valence-electron chi connectivity index (χ3n) is 6.82. The predicted molar refractivity (Wildman–Crippen MR) is 155 cm³/mol. The largest absolute Gasteiger partial charge is 0.387 e. The summed E-state index contributed by atoms with van der Waals surface area (Å²) in [5.41, 5.74) is 9.13. The van der Waals surface area contributed by atoms with Gasteiger partial charge in [0.25, 0.3) is 0 Å². The van der Waals surface area contributed by atoms with Crippen molar-refractivity contribution in [1.29, 1.82) is 0 Å². The van der Waals surface area contributed by atoms with Gasteiger partial charge in [-0.25, -0.2) is 4.39 Å². The molecule has 1 aromatic carbocycles. The van der Waals surface area contributed by atoms with Gasteiger partial charge in [-0.2, -0.15) is 0 Å². The van der Waals surface area contributed by atoms with Crippen LogP contribution in [0.1, 0.15) is 36.8 Å². The summed E-state index contributed by atoms with van der Waals surface area (Å²) in [6.45, 7) is 10.2. The Morgan fingerprint density at radius 3 is 2.74 bits per heavy atom. The molecule has 0 saturated heterocycles. The molecule has 0 aliphatic heterocycles. The van der Waals surface area contributed by atoms with Crippen molar-refractivity contribution >= 4 is 22.2 Å². The summed E-state index contributed by atoms with van der Waals surface area (Å²) < 4.78 is 13.9. The van der Waals surface area contributed by atoms with Gasteiger partial charge in [-0.3, -0.25) is 9.97 Å². The molecule has 38 heavy (non-hydrogen) atoms. The first-order valence-electron chi connectivity index (χ1n) is 12.9. The molecule has 6 heteroatoms. The molecule has 0 unspecified atom stereocenters. The number of aromatic amines is 1. The summed E-state index contributed by atoms with van der Waals surface area (Å²) in [5.74, 6) is 0.275. The molecule has 3 N–H and O–H groups in total. The lowest BCUT2D eigenvalue weighted by Crippen LogP contribution is -2.12. The van der Waals surface area contributed by atoms with Gasteiger partial charge >= 0.3 is 0 Å². The predicted octanol–water partition coefficient (Wildman–Crippen LogP) is 7.38. The number of hydrogen-bond acceptors (Lipinski definition) is 4. The number of nitrogens with zero attached hydrogens (tertiary/aromatic N) is 2. The monoisotopic (exact) mass is 505 g/mol. The molecule has 1 aliphatic carbocycles. The van der Waals surface area contributed by atoms with Crippen molar-refractivity contribution in [2.24, 2.45) is 5.92 Å². The molecule has 0 bridgehead atoms. The van der Waals surface area contributed by atoms with Gasteiger partial charge in [0.15, 0.2) is 0 Å². The highest BCUT2D eigenvalue weighted by molar-refractivity contribution is 5.93. The highest BCUT2D eigenvalue weighted by Crippen LogP contribution is 2.35. The Bertz CT molecular complexity index is 1570. The molecular formula is C32H32FN5. The van der Waals surface area contributed by atoms with Crippen molar-refractivity contribution < 1.29 is 4.39 Å². The van der Waals surface area contributed by atoms with E-state index in [1.54, 1.807) is 12.3 Å². The zero-order valence-corrected chi connectivity index (χ0v) is 21.8. The van der Waals surface area contributed by atoms with Crippen molar-refractivity contribution in [3.63, 3.8) is 0 Å². The first kappa shape index (κ1) is 25.2. The maximum absolute atomic E-state index is 13.9. The van der Waals surface area contributed by atoms with E-state index in [2.05, 4.69) is 58.0 Å². The van der Waals surface area contributed by atoms with Gasteiger partial charge in [-0.05, 0) is 79.8 Å². The second-order valence-corrected chi connectivity index (χ2v) is 9.52. The molecule has 4 aromatic rings. The molecular weight excluding hydrogens is 473 g/mol. The SMILES string of the molecule is C=C/C(=C\C(=C/C)c1ccc(NC)c(Cc2cc3c(-c4cccc(F)c4)nccc3[nH]2)n1)NC(=C)C1CC1. The molecule has 3 heterocycles. The fourth-order valence-corrected chi connectivity index (χ4v) is 4.62. The summed E-state index contributed by atoms with van der Waals surface area (Å²) in [5, 5.41) is 7.63. The first-order valence-corrected chi connectivity index (χ1v) is 12.9. The minimum absolute atomic E-state index is 0.280. The van der Waals surface area contributed by atoms with Crippen molar-refractivity contribution in [2.45, 2.75) is 26.2 Å². The van der Waals surface area contributed by atoms with E-state index >= 15 is 0 Å². The summed E-state index contributed by atoms with van der Waals surface area (Å²) in [6.07, 6.45) is 10.6. The van der Waals surface area contributed by atoms with Crippen LogP contribution in [0.15, 0.2) is 97.5 Å². The van der Waals surface area contributed by atoms with Gasteiger partial charge in [0.05, 0.1) is 22.8 Å². The van der Waals surface area contributed by atoms with Crippen LogP contribution in [-0.4, -0.2) is 22.0 Å². The van der Waals surface area contributed by atoms with Crippen molar-refractivity contribution in [3.8, 4) is 11.3 Å². The van der Waals surface area contributed by atoms with Crippen molar-refractivity contribution in [2.75, 3.05) is 12.4 Å². The quantitative estimate of drug-likeness (QED) is 0.197. The van der Waals surface area contributed by atoms with Gasteiger partial charge < -0.3 is 15.6 Å². The van der Waals surface area contributed by atoms with Crippen LogP contribution < -0.4 is 10.6 Å². The standard InChI is InChI=1S/C32H32FN5/c1-5-21(17-25(6-2)36-20(3)22-10-11-22)28-12-13-30(34-4)31(38-28)19-26-18-27-29(37-26)14-15-35-32(27)23-8-7-9-24(33)16-23/h5-9,12-18,22,34,36-37H,2-3,10-11,19H2,1,4H3/b21-5+,25-17+. The van der Waals surface area contributed by atoms with Crippen LogP contribution in [0, 0.1) is 11.7 Å². The van der Waals surface area contributed by atoms with Crippen LogP contribution in [0.3, 0.4) is 0 Å². The number of aromatic nitrogens is 3. The normalized spacial score (nSPS) is 14.0. The lowest BCUT2D eigenvalue weighted by Gasteiger charge is -2.13. The zero-order chi connectivity index (χ0) is 26.6. The number of pyridine rings is 2. The van der Waals surface area contributed by atoms with Crippen LogP contribution in [0.25, 0.3) is 27.7 Å². The smallest absolute Gasteiger partial charge is 0.123 e. The average molecular weight is 506 g/mol. The van der Waals surface area contributed by atoms with E-state index in [1.807, 2.05) is 38.2 Å². The number of fused-ring (bicyclic) bond motifs is 1. The van der Waals surface area contributed by atoms with Gasteiger partial charge in [0, 0.05) is 53.2 Å². The summed E-state index contributed by atoms with van der Waals surface area (Å²) in [6, 6.07) is 14.6. The van der Waals surface area contributed by atoms with E-state index < -0.39 is 0 Å². The molecule has 0 amide bonds. The molecule has 3 aromatic heterocycles. The lowest BCUT2D eigenvalue weighted by molar-refractivity contribution is 0.628. The summed E-state index contributed by atoms with van der Waals surface area (Å²) in [7, 11) is 1.90. The van der Waals surface area contributed by atoms with Gasteiger partial charge in [-0.15, -0.1) is 0 Å². The third-order valence-corrected chi connectivity index (χ3v) is 6.82. The number of anilines is 1. The summed E-state index contributed by atoms with van der Waals surface area (Å²) in [4.78, 5) is 13.1. The Kier molecular flexibility index (Phi) is 7.22. The minimum atomic E-state index is -0.280. The Morgan fingerprint density at radius 2 is 2.03 bits per heavy atom. The van der Waals surface area contributed by atoms with Crippen LogP contribution in [0.4, 0.5) is 10.1 Å². The third kappa shape index (κ3) is 5.44. The molecule has 1 saturated carbocycles. The van der Waals surface area contributed by atoms with E-state index in [4.69, 9.17) is 4.98 Å². The molecule has 5 nitrogen and oxygen atoms in total. The van der Waals surface area contributed by atoms with E-state index in [1.165, 1.54) is 25.0 Å². The second kappa shape index (κ2) is 10.9. The highest BCUT2D eigenvalue weighted by Gasteiger charge is 2.24.